The van der Waals surface area contributed by atoms with Gasteiger partial charge in [-0.3, -0.25) is 9.59 Å². The number of rotatable bonds is 6. The normalized spacial score (nSPS) is 15.1. The number of piperidine rings is 1. The molecule has 7 nitrogen and oxygen atoms in total. The molecule has 2 aromatic heterocycles. The van der Waals surface area contributed by atoms with Crippen molar-refractivity contribution in [1.29, 1.82) is 0 Å². The summed E-state index contributed by atoms with van der Waals surface area (Å²) in [5.74, 6) is -2.34. The Morgan fingerprint density at radius 1 is 1.10 bits per heavy atom. The van der Waals surface area contributed by atoms with Crippen LogP contribution in [0.15, 0.2) is 71.3 Å². The molecule has 0 radical (unpaired) electrons. The Morgan fingerprint density at radius 3 is 2.54 bits per heavy atom. The van der Waals surface area contributed by atoms with Gasteiger partial charge in [0.1, 0.15) is 17.2 Å². The van der Waals surface area contributed by atoms with E-state index in [4.69, 9.17) is 21.8 Å². The predicted molar refractivity (Wildman–Crippen MR) is 146 cm³/mol. The average Bonchev–Trinajstić information content (AvgIpc) is 3.33. The smallest absolute Gasteiger partial charge is 0.253 e. The number of hydrogen-bond acceptors (Lipinski definition) is 5. The second-order valence-corrected chi connectivity index (χ2v) is 9.81. The van der Waals surface area contributed by atoms with E-state index < -0.39 is 5.92 Å². The van der Waals surface area contributed by atoms with E-state index in [2.05, 4.69) is 10.3 Å². The lowest BCUT2D eigenvalue weighted by Gasteiger charge is -2.31. The summed E-state index contributed by atoms with van der Waals surface area (Å²) < 4.78 is 32.8. The number of nitrogen functional groups attached to an aromatic ring is 1. The van der Waals surface area contributed by atoms with E-state index in [1.807, 2.05) is 6.07 Å². The molecule has 0 unspecified atom stereocenters. The summed E-state index contributed by atoms with van der Waals surface area (Å²) in [5, 5.41) is 4.05. The number of alkyl halides is 2. The molecule has 0 spiro atoms. The minimum absolute atomic E-state index is 0.0330. The number of likely N-dealkylation sites (tertiary alicyclic amines) is 1. The third kappa shape index (κ3) is 6.26. The first kappa shape index (κ1) is 26.4. The fourth-order valence-corrected chi connectivity index (χ4v) is 4.62. The van der Waals surface area contributed by atoms with Crippen LogP contribution >= 0.6 is 11.6 Å². The largest absolute Gasteiger partial charge is 0.459 e. The van der Waals surface area contributed by atoms with Crippen LogP contribution < -0.4 is 11.1 Å². The molecule has 39 heavy (non-hydrogen) atoms. The number of benzene rings is 2. The SMILES string of the molecule is Nc1ccc(/C=C/C(=O)NCc2cc3c(-c4ccc(C(=O)N5CCC(F)(F)CC5)cc4)cc(Cl)cc3o2)cn1. The van der Waals surface area contributed by atoms with Gasteiger partial charge >= 0.3 is 0 Å². The third-order valence-corrected chi connectivity index (χ3v) is 6.77. The monoisotopic (exact) mass is 550 g/mol. The quantitative estimate of drug-likeness (QED) is 0.290. The highest BCUT2D eigenvalue weighted by Gasteiger charge is 2.35. The topological polar surface area (TPSA) is 101 Å². The molecule has 2 amide bonds. The number of hydrogen-bond donors (Lipinski definition) is 2. The lowest BCUT2D eigenvalue weighted by atomic mass is 9.99. The third-order valence-electron chi connectivity index (χ3n) is 6.55. The number of anilines is 1. The molecule has 200 valence electrons. The zero-order valence-corrected chi connectivity index (χ0v) is 21.6. The minimum atomic E-state index is -2.71. The van der Waals surface area contributed by atoms with Crippen molar-refractivity contribution in [3.8, 4) is 11.1 Å². The van der Waals surface area contributed by atoms with Crippen molar-refractivity contribution in [1.82, 2.24) is 15.2 Å². The standard InChI is InChI=1S/C29H25ClF2N4O3/c30-21-13-23(19-3-5-20(6-4-19)28(38)36-11-9-29(31,32)10-12-36)24-15-22(39-25(24)14-21)17-35-27(37)8-2-18-1-7-26(33)34-16-18/h1-8,13-16H,9-12,17H2,(H2,33,34)(H,35,37)/b8-2+. The molecule has 10 heteroatoms. The van der Waals surface area contributed by atoms with Gasteiger partial charge in [-0.2, -0.15) is 0 Å². The van der Waals surface area contributed by atoms with Crippen molar-refractivity contribution in [2.24, 2.45) is 0 Å². The van der Waals surface area contributed by atoms with Crippen LogP contribution in [0.2, 0.25) is 5.02 Å². The molecule has 1 aliphatic rings. The first-order valence-electron chi connectivity index (χ1n) is 12.3. The van der Waals surface area contributed by atoms with Gasteiger partial charge in [-0.1, -0.05) is 23.7 Å². The zero-order chi connectivity index (χ0) is 27.6. The molecular formula is C29H25ClF2N4O3. The van der Waals surface area contributed by atoms with Crippen LogP contribution in [0.4, 0.5) is 14.6 Å². The summed E-state index contributed by atoms with van der Waals surface area (Å²) in [6.07, 6.45) is 3.96. The molecule has 0 saturated carbocycles. The van der Waals surface area contributed by atoms with E-state index in [1.165, 1.54) is 11.0 Å². The van der Waals surface area contributed by atoms with Gasteiger partial charge in [0.25, 0.3) is 11.8 Å². The van der Waals surface area contributed by atoms with Crippen LogP contribution in [0.3, 0.4) is 0 Å². The molecule has 5 rings (SSSR count). The Kier molecular flexibility index (Phi) is 7.34. The molecule has 0 aliphatic carbocycles. The number of halogens is 3. The fraction of sp³-hybridized carbons (Fsp3) is 0.207. The number of fused-ring (bicyclic) bond motifs is 1. The van der Waals surface area contributed by atoms with E-state index >= 15 is 0 Å². The summed E-state index contributed by atoms with van der Waals surface area (Å²) in [5.41, 5.74) is 8.90. The van der Waals surface area contributed by atoms with Gasteiger partial charge < -0.3 is 20.4 Å². The van der Waals surface area contributed by atoms with Crippen molar-refractivity contribution in [2.45, 2.75) is 25.3 Å². The number of furan rings is 1. The lowest BCUT2D eigenvalue weighted by molar-refractivity contribution is -0.116. The molecule has 2 aromatic carbocycles. The highest BCUT2D eigenvalue weighted by atomic mass is 35.5. The van der Waals surface area contributed by atoms with Gasteiger partial charge in [0.05, 0.1) is 6.54 Å². The first-order valence-corrected chi connectivity index (χ1v) is 12.7. The van der Waals surface area contributed by atoms with Crippen molar-refractivity contribution >= 4 is 46.3 Å². The van der Waals surface area contributed by atoms with Gasteiger partial charge in [0, 0.05) is 60.2 Å². The summed E-state index contributed by atoms with van der Waals surface area (Å²) in [7, 11) is 0. The zero-order valence-electron chi connectivity index (χ0n) is 20.8. The number of nitrogens with two attached hydrogens (primary N) is 1. The molecule has 1 aliphatic heterocycles. The van der Waals surface area contributed by atoms with Gasteiger partial charge in [-0.25, -0.2) is 13.8 Å². The highest BCUT2D eigenvalue weighted by molar-refractivity contribution is 6.31. The lowest BCUT2D eigenvalue weighted by Crippen LogP contribution is -2.42. The molecule has 4 aromatic rings. The fourth-order valence-electron chi connectivity index (χ4n) is 4.42. The summed E-state index contributed by atoms with van der Waals surface area (Å²) in [6, 6.07) is 15.7. The van der Waals surface area contributed by atoms with Gasteiger partial charge in [0.15, 0.2) is 0 Å². The highest BCUT2D eigenvalue weighted by Crippen LogP contribution is 2.35. The van der Waals surface area contributed by atoms with E-state index in [9.17, 15) is 18.4 Å². The number of nitrogens with one attached hydrogen (secondary N) is 1. The Morgan fingerprint density at radius 2 is 1.85 bits per heavy atom. The maximum atomic E-state index is 13.5. The maximum Gasteiger partial charge on any atom is 0.253 e. The molecule has 0 bridgehead atoms. The van der Waals surface area contributed by atoms with Crippen LogP contribution in [0.25, 0.3) is 28.2 Å². The molecule has 1 saturated heterocycles. The maximum absolute atomic E-state index is 13.5. The van der Waals surface area contributed by atoms with E-state index in [1.54, 1.807) is 60.8 Å². The Balaban J connectivity index is 1.29. The van der Waals surface area contributed by atoms with Crippen molar-refractivity contribution in [2.75, 3.05) is 18.8 Å². The number of nitrogens with zero attached hydrogens (tertiary/aromatic N) is 2. The summed E-state index contributed by atoms with van der Waals surface area (Å²) in [6.45, 7) is 0.230. The van der Waals surface area contributed by atoms with Gasteiger partial charge in [-0.15, -0.1) is 0 Å². The number of carbonyl (C=O) groups excluding carboxylic acids is 2. The van der Waals surface area contributed by atoms with E-state index in [0.717, 1.165) is 22.1 Å². The van der Waals surface area contributed by atoms with Crippen LogP contribution in [-0.4, -0.2) is 40.7 Å². The molecule has 3 heterocycles. The number of aromatic nitrogens is 1. The van der Waals surface area contributed by atoms with Crippen LogP contribution in [0, 0.1) is 0 Å². The predicted octanol–water partition coefficient (Wildman–Crippen LogP) is 5.93. The van der Waals surface area contributed by atoms with E-state index in [0.29, 0.717) is 27.7 Å². The summed E-state index contributed by atoms with van der Waals surface area (Å²) in [4.78, 5) is 30.5. The number of pyridine rings is 1. The second kappa shape index (κ2) is 10.9. The van der Waals surface area contributed by atoms with Crippen molar-refractivity contribution in [3.05, 3.63) is 88.8 Å². The number of amides is 2. The van der Waals surface area contributed by atoms with Crippen LogP contribution in [-0.2, 0) is 11.3 Å². The summed E-state index contributed by atoms with van der Waals surface area (Å²) >= 11 is 6.35. The van der Waals surface area contributed by atoms with Crippen LogP contribution in [0.5, 0.6) is 0 Å². The number of carbonyl (C=O) groups is 2. The average molecular weight is 551 g/mol. The minimum Gasteiger partial charge on any atom is -0.459 e. The molecule has 1 fully saturated rings. The molecule has 3 N–H and O–H groups in total. The van der Waals surface area contributed by atoms with Crippen molar-refractivity contribution in [3.63, 3.8) is 0 Å². The first-order chi connectivity index (χ1) is 18.7. The van der Waals surface area contributed by atoms with E-state index in [-0.39, 0.29) is 44.3 Å². The van der Waals surface area contributed by atoms with Crippen molar-refractivity contribution < 1.29 is 22.8 Å². The molecule has 0 atom stereocenters. The van der Waals surface area contributed by atoms with Gasteiger partial charge in [0.2, 0.25) is 5.91 Å². The van der Waals surface area contributed by atoms with Crippen LogP contribution in [0.1, 0.15) is 34.5 Å². The Bertz CT molecular complexity index is 1540. The molecular weight excluding hydrogens is 526 g/mol. The van der Waals surface area contributed by atoms with Gasteiger partial charge in [-0.05, 0) is 59.2 Å². The Labute approximate surface area is 228 Å². The second-order valence-electron chi connectivity index (χ2n) is 9.37. The Hall–Kier alpha value is -4.24.